The molecule has 3 nitrogen and oxygen atoms in total. The van der Waals surface area contributed by atoms with Crippen LogP contribution in [0.3, 0.4) is 0 Å². The molecule has 1 saturated carbocycles. The monoisotopic (exact) mass is 335 g/mol. The Balaban J connectivity index is 1.41. The first-order valence-corrected chi connectivity index (χ1v) is 9.91. The third kappa shape index (κ3) is 4.15. The Hall–Kier alpha value is -2.03. The summed E-state index contributed by atoms with van der Waals surface area (Å²) in [4.78, 5) is 7.09. The summed E-state index contributed by atoms with van der Waals surface area (Å²) in [6, 6.07) is 15.9. The van der Waals surface area contributed by atoms with E-state index in [-0.39, 0.29) is 0 Å². The van der Waals surface area contributed by atoms with Gasteiger partial charge >= 0.3 is 0 Å². The van der Waals surface area contributed by atoms with E-state index in [1.807, 2.05) is 6.20 Å². The third-order valence-electron chi connectivity index (χ3n) is 5.76. The van der Waals surface area contributed by atoms with E-state index in [0.29, 0.717) is 12.0 Å². The fourth-order valence-corrected chi connectivity index (χ4v) is 4.41. The van der Waals surface area contributed by atoms with Crippen molar-refractivity contribution < 1.29 is 0 Å². The van der Waals surface area contributed by atoms with E-state index in [1.54, 1.807) is 0 Å². The first-order valence-electron chi connectivity index (χ1n) is 9.91. The molecule has 2 fully saturated rings. The zero-order valence-electron chi connectivity index (χ0n) is 15.0. The second kappa shape index (κ2) is 7.90. The lowest BCUT2D eigenvalue weighted by molar-refractivity contribution is 0.410. The van der Waals surface area contributed by atoms with E-state index in [0.717, 1.165) is 5.82 Å². The number of nitrogens with zero attached hydrogens (tertiary/aromatic N) is 2. The highest BCUT2D eigenvalue weighted by Gasteiger charge is 2.23. The molecule has 0 spiro atoms. The van der Waals surface area contributed by atoms with Crippen LogP contribution in [-0.2, 0) is 0 Å². The molecule has 3 heteroatoms. The predicted molar refractivity (Wildman–Crippen MR) is 105 cm³/mol. The van der Waals surface area contributed by atoms with Crippen LogP contribution in [0.5, 0.6) is 0 Å². The van der Waals surface area contributed by atoms with Crippen LogP contribution in [0.4, 0.5) is 11.5 Å². The molecular formula is C22H29N3. The standard InChI is InChI=1S/C22H29N3/c1-3-8-18(9-4-1)19-10-7-11-20(16-19)24-22-17-21(12-13-23-22)25-14-5-2-6-15-25/h1,3-4,8-9,12-13,17,19-20H,2,5-7,10-11,14-16H2,(H,23,24). The number of benzene rings is 1. The van der Waals surface area contributed by atoms with Gasteiger partial charge in [0.15, 0.2) is 0 Å². The van der Waals surface area contributed by atoms with Gasteiger partial charge in [0.1, 0.15) is 5.82 Å². The summed E-state index contributed by atoms with van der Waals surface area (Å²) < 4.78 is 0. The maximum absolute atomic E-state index is 4.59. The molecule has 1 aromatic heterocycles. The van der Waals surface area contributed by atoms with E-state index in [2.05, 4.69) is 57.7 Å². The lowest BCUT2D eigenvalue weighted by Gasteiger charge is -2.31. The fraction of sp³-hybridized carbons (Fsp3) is 0.500. The molecule has 1 saturated heterocycles. The van der Waals surface area contributed by atoms with Crippen molar-refractivity contribution in [1.29, 1.82) is 0 Å². The number of pyridine rings is 1. The number of rotatable bonds is 4. The maximum atomic E-state index is 4.59. The largest absolute Gasteiger partial charge is 0.371 e. The van der Waals surface area contributed by atoms with Gasteiger partial charge in [-0.25, -0.2) is 4.98 Å². The Morgan fingerprint density at radius 1 is 0.920 bits per heavy atom. The van der Waals surface area contributed by atoms with Gasteiger partial charge in [0, 0.05) is 37.1 Å². The average molecular weight is 335 g/mol. The van der Waals surface area contributed by atoms with Gasteiger partial charge in [-0.1, -0.05) is 36.8 Å². The molecule has 0 bridgehead atoms. The summed E-state index contributed by atoms with van der Waals surface area (Å²) in [6.45, 7) is 2.37. The molecule has 2 heterocycles. The van der Waals surface area contributed by atoms with E-state index in [9.17, 15) is 0 Å². The predicted octanol–water partition coefficient (Wildman–Crippen LogP) is 5.21. The molecule has 1 aliphatic heterocycles. The quantitative estimate of drug-likeness (QED) is 0.831. The molecular weight excluding hydrogens is 306 g/mol. The molecule has 2 unspecified atom stereocenters. The molecule has 2 aliphatic rings. The summed E-state index contributed by atoms with van der Waals surface area (Å²) >= 11 is 0. The van der Waals surface area contributed by atoms with E-state index >= 15 is 0 Å². The molecule has 1 N–H and O–H groups in total. The number of piperidine rings is 1. The Bertz CT molecular complexity index is 664. The van der Waals surface area contributed by atoms with Crippen LogP contribution >= 0.6 is 0 Å². The van der Waals surface area contributed by atoms with Crippen LogP contribution in [0, 0.1) is 0 Å². The molecule has 4 rings (SSSR count). The Labute approximate surface area is 151 Å². The highest BCUT2D eigenvalue weighted by Crippen LogP contribution is 2.34. The minimum absolute atomic E-state index is 0.531. The number of nitrogens with one attached hydrogen (secondary N) is 1. The maximum Gasteiger partial charge on any atom is 0.128 e. The SMILES string of the molecule is c1ccc(C2CCCC(Nc3cc(N4CCCCC4)ccn3)C2)cc1. The second-order valence-corrected chi connectivity index (χ2v) is 7.56. The topological polar surface area (TPSA) is 28.2 Å². The van der Waals surface area contributed by atoms with Crippen molar-refractivity contribution in [1.82, 2.24) is 4.98 Å². The van der Waals surface area contributed by atoms with Crippen molar-refractivity contribution in [3.8, 4) is 0 Å². The van der Waals surface area contributed by atoms with Crippen LogP contribution in [0.15, 0.2) is 48.7 Å². The molecule has 1 aromatic carbocycles. The van der Waals surface area contributed by atoms with E-state index in [4.69, 9.17) is 0 Å². The smallest absolute Gasteiger partial charge is 0.128 e. The van der Waals surface area contributed by atoms with E-state index < -0.39 is 0 Å². The molecule has 2 aromatic rings. The van der Waals surface area contributed by atoms with Gasteiger partial charge < -0.3 is 10.2 Å². The first-order chi connectivity index (χ1) is 12.4. The third-order valence-corrected chi connectivity index (χ3v) is 5.76. The van der Waals surface area contributed by atoms with Crippen LogP contribution in [-0.4, -0.2) is 24.1 Å². The van der Waals surface area contributed by atoms with Gasteiger partial charge in [0.2, 0.25) is 0 Å². The highest BCUT2D eigenvalue weighted by molar-refractivity contribution is 5.54. The highest BCUT2D eigenvalue weighted by atomic mass is 15.1. The summed E-state index contributed by atoms with van der Waals surface area (Å²) in [7, 11) is 0. The Morgan fingerprint density at radius 3 is 2.60 bits per heavy atom. The molecule has 0 radical (unpaired) electrons. The zero-order chi connectivity index (χ0) is 16.9. The summed E-state index contributed by atoms with van der Waals surface area (Å²) in [5.41, 5.74) is 2.82. The summed E-state index contributed by atoms with van der Waals surface area (Å²) in [6.07, 6.45) is 11.0. The molecule has 25 heavy (non-hydrogen) atoms. The van der Waals surface area contributed by atoms with Crippen LogP contribution in [0.2, 0.25) is 0 Å². The fourth-order valence-electron chi connectivity index (χ4n) is 4.41. The van der Waals surface area contributed by atoms with Gasteiger partial charge in [0.25, 0.3) is 0 Å². The van der Waals surface area contributed by atoms with Crippen LogP contribution < -0.4 is 10.2 Å². The van der Waals surface area contributed by atoms with Gasteiger partial charge in [-0.2, -0.15) is 0 Å². The van der Waals surface area contributed by atoms with Gasteiger partial charge in [-0.3, -0.25) is 0 Å². The van der Waals surface area contributed by atoms with E-state index in [1.165, 1.54) is 69.3 Å². The molecule has 132 valence electrons. The molecule has 2 atom stereocenters. The second-order valence-electron chi connectivity index (χ2n) is 7.56. The van der Waals surface area contributed by atoms with Crippen LogP contribution in [0.25, 0.3) is 0 Å². The normalized spacial score (nSPS) is 24.1. The lowest BCUT2D eigenvalue weighted by Crippen LogP contribution is -2.30. The van der Waals surface area contributed by atoms with Crippen LogP contribution in [0.1, 0.15) is 56.4 Å². The summed E-state index contributed by atoms with van der Waals surface area (Å²) in [5.74, 6) is 1.72. The first kappa shape index (κ1) is 16.4. The minimum Gasteiger partial charge on any atom is -0.371 e. The van der Waals surface area contributed by atoms with Crippen molar-refractivity contribution in [2.45, 2.75) is 56.9 Å². The number of anilines is 2. The van der Waals surface area contributed by atoms with Crippen molar-refractivity contribution >= 4 is 11.5 Å². The molecule has 1 aliphatic carbocycles. The average Bonchev–Trinajstić information content (AvgIpc) is 2.70. The van der Waals surface area contributed by atoms with Gasteiger partial charge in [0.05, 0.1) is 0 Å². The van der Waals surface area contributed by atoms with Crippen molar-refractivity contribution in [3.63, 3.8) is 0 Å². The van der Waals surface area contributed by atoms with Crippen molar-refractivity contribution in [2.75, 3.05) is 23.3 Å². The van der Waals surface area contributed by atoms with Gasteiger partial charge in [-0.15, -0.1) is 0 Å². The Kier molecular flexibility index (Phi) is 5.19. The molecule has 0 amide bonds. The number of aromatic nitrogens is 1. The van der Waals surface area contributed by atoms with Crippen molar-refractivity contribution in [3.05, 3.63) is 54.2 Å². The number of hydrogen-bond acceptors (Lipinski definition) is 3. The Morgan fingerprint density at radius 2 is 1.76 bits per heavy atom. The minimum atomic E-state index is 0.531. The number of hydrogen-bond donors (Lipinski definition) is 1. The van der Waals surface area contributed by atoms with Gasteiger partial charge in [-0.05, 0) is 56.1 Å². The zero-order valence-corrected chi connectivity index (χ0v) is 15.0. The lowest BCUT2D eigenvalue weighted by atomic mass is 9.81. The van der Waals surface area contributed by atoms with Crippen molar-refractivity contribution in [2.24, 2.45) is 0 Å². The summed E-state index contributed by atoms with van der Waals surface area (Å²) in [5, 5.41) is 3.72.